The summed E-state index contributed by atoms with van der Waals surface area (Å²) in [5, 5.41) is 0. The highest BCUT2D eigenvalue weighted by atomic mass is 16.6. The van der Waals surface area contributed by atoms with Crippen molar-refractivity contribution in [1.29, 1.82) is 0 Å². The van der Waals surface area contributed by atoms with E-state index in [0.717, 1.165) is 11.3 Å². The Bertz CT molecular complexity index is 562. The van der Waals surface area contributed by atoms with Gasteiger partial charge in [0.05, 0.1) is 18.7 Å². The van der Waals surface area contributed by atoms with E-state index in [4.69, 9.17) is 9.47 Å². The van der Waals surface area contributed by atoms with Crippen molar-refractivity contribution in [3.8, 4) is 0 Å². The summed E-state index contributed by atoms with van der Waals surface area (Å²) in [5.41, 5.74) is 1.21. The van der Waals surface area contributed by atoms with Gasteiger partial charge in [0.15, 0.2) is 0 Å². The topological polar surface area (TPSA) is 55.8 Å². The van der Waals surface area contributed by atoms with Gasteiger partial charge in [-0.3, -0.25) is 9.69 Å². The van der Waals surface area contributed by atoms with E-state index >= 15 is 0 Å². The maximum atomic E-state index is 12.5. The number of fused-ring (bicyclic) bond motifs is 1. The van der Waals surface area contributed by atoms with Crippen molar-refractivity contribution in [2.45, 2.75) is 39.2 Å². The quantitative estimate of drug-likeness (QED) is 0.748. The Morgan fingerprint density at radius 1 is 1.23 bits per heavy atom. The minimum absolute atomic E-state index is 0.235. The maximum Gasteiger partial charge on any atom is 0.414 e. The van der Waals surface area contributed by atoms with Gasteiger partial charge >= 0.3 is 12.1 Å². The highest BCUT2D eigenvalue weighted by Crippen LogP contribution is 2.30. The molecule has 0 bridgehead atoms. The smallest absolute Gasteiger partial charge is 0.414 e. The number of ether oxygens (including phenoxy) is 2. The molecule has 2 rings (SSSR count). The lowest BCUT2D eigenvalue weighted by molar-refractivity contribution is -0.145. The lowest BCUT2D eigenvalue weighted by Gasteiger charge is -2.27. The fourth-order valence-electron chi connectivity index (χ4n) is 2.59. The molecule has 120 valence electrons. The molecule has 1 aliphatic rings. The van der Waals surface area contributed by atoms with Crippen molar-refractivity contribution < 1.29 is 19.1 Å². The Morgan fingerprint density at radius 3 is 2.55 bits per heavy atom. The van der Waals surface area contributed by atoms with E-state index in [0.29, 0.717) is 19.4 Å². The molecular weight excluding hydrogens is 282 g/mol. The van der Waals surface area contributed by atoms with Crippen molar-refractivity contribution in [3.05, 3.63) is 29.8 Å². The molecule has 1 aromatic carbocycles. The number of nitrogens with zero attached hydrogens (tertiary/aromatic N) is 1. The third-order valence-corrected chi connectivity index (χ3v) is 3.60. The number of para-hydroxylation sites is 1. The zero-order valence-electron chi connectivity index (χ0n) is 13.6. The van der Waals surface area contributed by atoms with Crippen LogP contribution in [0.3, 0.4) is 0 Å². The Hall–Kier alpha value is -2.04. The number of esters is 1. The summed E-state index contributed by atoms with van der Waals surface area (Å²) in [5.74, 6) is -0.473. The van der Waals surface area contributed by atoms with Crippen molar-refractivity contribution in [1.82, 2.24) is 0 Å². The van der Waals surface area contributed by atoms with Crippen LogP contribution in [0, 0.1) is 5.92 Å². The van der Waals surface area contributed by atoms with Gasteiger partial charge in [0.25, 0.3) is 0 Å². The average molecular weight is 305 g/mol. The van der Waals surface area contributed by atoms with Crippen LogP contribution in [0.1, 0.15) is 32.8 Å². The van der Waals surface area contributed by atoms with Crippen LogP contribution in [0.25, 0.3) is 0 Å². The van der Waals surface area contributed by atoms with Gasteiger partial charge in [-0.2, -0.15) is 0 Å². The predicted octanol–water partition coefficient (Wildman–Crippen LogP) is 3.16. The number of carbonyl (C=O) groups is 2. The fourth-order valence-corrected chi connectivity index (χ4v) is 2.59. The molecule has 0 N–H and O–H groups in total. The predicted molar refractivity (Wildman–Crippen MR) is 83.8 cm³/mol. The summed E-state index contributed by atoms with van der Waals surface area (Å²) in [4.78, 5) is 26.0. The molecule has 1 amide bonds. The van der Waals surface area contributed by atoms with E-state index in [-0.39, 0.29) is 18.0 Å². The number of hydrogen-bond acceptors (Lipinski definition) is 4. The monoisotopic (exact) mass is 305 g/mol. The molecule has 1 aliphatic heterocycles. The first-order valence-corrected chi connectivity index (χ1v) is 7.48. The van der Waals surface area contributed by atoms with Gasteiger partial charge in [-0.05, 0) is 45.2 Å². The van der Waals surface area contributed by atoms with Gasteiger partial charge in [-0.1, -0.05) is 18.2 Å². The SMILES string of the molecule is COC(=O)C1CCN(C(=O)OC(C)(C)C)c2ccccc2C1. The molecule has 0 saturated carbocycles. The van der Waals surface area contributed by atoms with Crippen LogP contribution < -0.4 is 4.90 Å². The largest absolute Gasteiger partial charge is 0.469 e. The molecule has 1 aromatic rings. The van der Waals surface area contributed by atoms with Crippen molar-refractivity contribution in [2.24, 2.45) is 5.92 Å². The standard InChI is InChI=1S/C17H23NO4/c1-17(2,3)22-16(20)18-10-9-13(15(19)21-4)11-12-7-5-6-8-14(12)18/h5-8,13H,9-11H2,1-4H3. The van der Waals surface area contributed by atoms with Gasteiger partial charge < -0.3 is 9.47 Å². The third kappa shape index (κ3) is 3.78. The first-order chi connectivity index (χ1) is 10.3. The van der Waals surface area contributed by atoms with Gasteiger partial charge in [0.1, 0.15) is 5.60 Å². The number of methoxy groups -OCH3 is 1. The highest BCUT2D eigenvalue weighted by molar-refractivity contribution is 5.89. The number of amides is 1. The second kappa shape index (κ2) is 6.38. The number of rotatable bonds is 1. The molecule has 22 heavy (non-hydrogen) atoms. The van der Waals surface area contributed by atoms with Crippen LogP contribution in [-0.2, 0) is 20.7 Å². The minimum atomic E-state index is -0.555. The molecule has 0 fully saturated rings. The second-order valence-corrected chi connectivity index (χ2v) is 6.47. The van der Waals surface area contributed by atoms with E-state index in [1.54, 1.807) is 4.90 Å². The number of carbonyl (C=O) groups excluding carboxylic acids is 2. The lowest BCUT2D eigenvalue weighted by Crippen LogP contribution is -2.37. The molecule has 1 atom stereocenters. The average Bonchev–Trinajstić information content (AvgIpc) is 2.64. The molecule has 0 saturated heterocycles. The molecule has 5 nitrogen and oxygen atoms in total. The fraction of sp³-hybridized carbons (Fsp3) is 0.529. The van der Waals surface area contributed by atoms with E-state index in [1.807, 2.05) is 45.0 Å². The summed E-state index contributed by atoms with van der Waals surface area (Å²) in [6.07, 6.45) is 0.744. The summed E-state index contributed by atoms with van der Waals surface area (Å²) in [7, 11) is 1.39. The maximum absolute atomic E-state index is 12.5. The second-order valence-electron chi connectivity index (χ2n) is 6.47. The molecule has 5 heteroatoms. The summed E-state index contributed by atoms with van der Waals surface area (Å²) in [6, 6.07) is 7.62. The van der Waals surface area contributed by atoms with Crippen LogP contribution in [0.15, 0.2) is 24.3 Å². The molecule has 0 aromatic heterocycles. The van der Waals surface area contributed by atoms with E-state index < -0.39 is 5.60 Å². The van der Waals surface area contributed by atoms with E-state index in [1.165, 1.54) is 7.11 Å². The molecular formula is C17H23NO4. The van der Waals surface area contributed by atoms with Gasteiger partial charge in [-0.25, -0.2) is 4.79 Å². The first kappa shape index (κ1) is 16.3. The van der Waals surface area contributed by atoms with E-state index in [9.17, 15) is 9.59 Å². The van der Waals surface area contributed by atoms with Crippen molar-refractivity contribution in [2.75, 3.05) is 18.6 Å². The summed E-state index contributed by atoms with van der Waals surface area (Å²) < 4.78 is 10.3. The van der Waals surface area contributed by atoms with Gasteiger partial charge in [0.2, 0.25) is 0 Å². The van der Waals surface area contributed by atoms with Crippen LogP contribution >= 0.6 is 0 Å². The Morgan fingerprint density at radius 2 is 1.91 bits per heavy atom. The third-order valence-electron chi connectivity index (χ3n) is 3.60. The van der Waals surface area contributed by atoms with Crippen molar-refractivity contribution >= 4 is 17.7 Å². The Labute approximate surface area is 131 Å². The number of anilines is 1. The first-order valence-electron chi connectivity index (χ1n) is 7.48. The minimum Gasteiger partial charge on any atom is -0.469 e. The normalized spacial score (nSPS) is 18.2. The van der Waals surface area contributed by atoms with Crippen LogP contribution in [-0.4, -0.2) is 31.3 Å². The summed E-state index contributed by atoms with van der Waals surface area (Å²) in [6.45, 7) is 5.95. The van der Waals surface area contributed by atoms with E-state index in [2.05, 4.69) is 0 Å². The molecule has 0 aliphatic carbocycles. The van der Waals surface area contributed by atoms with Crippen LogP contribution in [0.2, 0.25) is 0 Å². The molecule has 1 heterocycles. The Balaban J connectivity index is 2.30. The van der Waals surface area contributed by atoms with Gasteiger partial charge in [0, 0.05) is 6.54 Å². The summed E-state index contributed by atoms with van der Waals surface area (Å²) >= 11 is 0. The lowest BCUT2D eigenvalue weighted by atomic mass is 9.97. The zero-order chi connectivity index (χ0) is 16.3. The molecule has 1 unspecified atom stereocenters. The number of hydrogen-bond donors (Lipinski definition) is 0. The van der Waals surface area contributed by atoms with Crippen LogP contribution in [0.4, 0.5) is 10.5 Å². The zero-order valence-corrected chi connectivity index (χ0v) is 13.6. The highest BCUT2D eigenvalue weighted by Gasteiger charge is 2.31. The number of benzene rings is 1. The van der Waals surface area contributed by atoms with Crippen LogP contribution in [0.5, 0.6) is 0 Å². The Kier molecular flexibility index (Phi) is 4.74. The van der Waals surface area contributed by atoms with Crippen molar-refractivity contribution in [3.63, 3.8) is 0 Å². The molecule has 0 radical (unpaired) electrons. The molecule has 0 spiro atoms. The van der Waals surface area contributed by atoms with Gasteiger partial charge in [-0.15, -0.1) is 0 Å².